The number of aromatic nitrogens is 3. The first-order chi connectivity index (χ1) is 11.7. The van der Waals surface area contributed by atoms with Gasteiger partial charge in [0.15, 0.2) is 0 Å². The number of carbonyl (C=O) groups excluding carboxylic acids is 1. The van der Waals surface area contributed by atoms with Crippen LogP contribution in [0.3, 0.4) is 0 Å². The molecule has 3 rings (SSSR count). The third-order valence-corrected chi connectivity index (χ3v) is 4.43. The van der Waals surface area contributed by atoms with Crippen molar-refractivity contribution in [3.8, 4) is 0 Å². The number of amides is 1. The van der Waals surface area contributed by atoms with E-state index >= 15 is 0 Å². The number of hydrogen-bond donors (Lipinski definition) is 1. The Bertz CT molecular complexity index is 649. The van der Waals surface area contributed by atoms with Gasteiger partial charge in [-0.25, -0.2) is 9.67 Å². The number of anilines is 1. The van der Waals surface area contributed by atoms with Crippen molar-refractivity contribution < 1.29 is 4.79 Å². The molecule has 0 aliphatic carbocycles. The van der Waals surface area contributed by atoms with Gasteiger partial charge in [0.05, 0.1) is 6.04 Å². The van der Waals surface area contributed by atoms with Crippen molar-refractivity contribution in [2.75, 3.05) is 18.4 Å². The van der Waals surface area contributed by atoms with Gasteiger partial charge in [-0.15, -0.1) is 0 Å². The van der Waals surface area contributed by atoms with Gasteiger partial charge in [0.25, 0.3) is 0 Å². The van der Waals surface area contributed by atoms with E-state index in [4.69, 9.17) is 0 Å². The summed E-state index contributed by atoms with van der Waals surface area (Å²) in [6, 6.07) is 8.15. The van der Waals surface area contributed by atoms with Crippen LogP contribution in [0.5, 0.6) is 0 Å². The van der Waals surface area contributed by atoms with E-state index in [2.05, 4.69) is 32.4 Å². The van der Waals surface area contributed by atoms with Crippen LogP contribution in [-0.2, 0) is 11.3 Å². The normalized spacial score (nSPS) is 16.7. The van der Waals surface area contributed by atoms with E-state index in [0.29, 0.717) is 6.42 Å². The van der Waals surface area contributed by atoms with E-state index in [0.717, 1.165) is 12.2 Å². The van der Waals surface area contributed by atoms with Crippen LogP contribution in [0.15, 0.2) is 36.9 Å². The molecule has 6 heteroatoms. The Morgan fingerprint density at radius 1 is 1.29 bits per heavy atom. The number of piperidine rings is 1. The lowest BCUT2D eigenvalue weighted by molar-refractivity contribution is -0.116. The molecule has 1 aliphatic heterocycles. The van der Waals surface area contributed by atoms with Gasteiger partial charge in [0.2, 0.25) is 5.91 Å². The SMILES string of the molecule is CC(CC(=O)Nc1cccc(CN2CCCCC2)c1)n1cncn1. The van der Waals surface area contributed by atoms with Gasteiger partial charge in [-0.05, 0) is 50.6 Å². The maximum Gasteiger partial charge on any atom is 0.226 e. The number of likely N-dealkylation sites (tertiary alicyclic amines) is 1. The van der Waals surface area contributed by atoms with Crippen molar-refractivity contribution in [3.63, 3.8) is 0 Å². The van der Waals surface area contributed by atoms with E-state index in [1.807, 2.05) is 19.1 Å². The second-order valence-electron chi connectivity index (χ2n) is 6.51. The van der Waals surface area contributed by atoms with E-state index in [9.17, 15) is 4.79 Å². The summed E-state index contributed by atoms with van der Waals surface area (Å²) >= 11 is 0. The summed E-state index contributed by atoms with van der Waals surface area (Å²) in [6.07, 6.45) is 7.42. The molecule has 1 atom stereocenters. The minimum Gasteiger partial charge on any atom is -0.326 e. The standard InChI is InChI=1S/C18H25N5O/c1-15(23-14-19-13-20-23)10-18(24)21-17-7-5-6-16(11-17)12-22-8-3-2-4-9-22/h5-7,11,13-15H,2-4,8-10,12H2,1H3,(H,21,24). The fourth-order valence-electron chi connectivity index (χ4n) is 3.14. The topological polar surface area (TPSA) is 63.1 Å². The molecule has 1 aromatic carbocycles. The zero-order valence-electron chi connectivity index (χ0n) is 14.2. The van der Waals surface area contributed by atoms with Crippen molar-refractivity contribution in [2.24, 2.45) is 0 Å². The van der Waals surface area contributed by atoms with Crippen LogP contribution in [0.25, 0.3) is 0 Å². The number of benzene rings is 1. The van der Waals surface area contributed by atoms with Crippen LogP contribution in [0.2, 0.25) is 0 Å². The van der Waals surface area contributed by atoms with Crippen molar-refractivity contribution >= 4 is 11.6 Å². The van der Waals surface area contributed by atoms with Gasteiger partial charge in [-0.2, -0.15) is 5.10 Å². The summed E-state index contributed by atoms with van der Waals surface area (Å²) in [7, 11) is 0. The first kappa shape index (κ1) is 16.6. The van der Waals surface area contributed by atoms with Crippen LogP contribution in [0, 0.1) is 0 Å². The summed E-state index contributed by atoms with van der Waals surface area (Å²) in [4.78, 5) is 18.6. The Morgan fingerprint density at radius 2 is 2.12 bits per heavy atom. The van der Waals surface area contributed by atoms with Gasteiger partial charge in [0, 0.05) is 18.7 Å². The highest BCUT2D eigenvalue weighted by atomic mass is 16.1. The van der Waals surface area contributed by atoms with Crippen molar-refractivity contribution in [2.45, 2.75) is 45.2 Å². The highest BCUT2D eigenvalue weighted by Gasteiger charge is 2.13. The predicted molar refractivity (Wildman–Crippen MR) is 93.5 cm³/mol. The molecule has 1 unspecified atom stereocenters. The Labute approximate surface area is 142 Å². The summed E-state index contributed by atoms with van der Waals surface area (Å²) in [6.45, 7) is 5.26. The zero-order valence-corrected chi connectivity index (χ0v) is 14.2. The lowest BCUT2D eigenvalue weighted by Gasteiger charge is -2.26. The number of rotatable bonds is 6. The third-order valence-electron chi connectivity index (χ3n) is 4.43. The largest absolute Gasteiger partial charge is 0.326 e. The fourth-order valence-corrected chi connectivity index (χ4v) is 3.14. The Kier molecular flexibility index (Phi) is 5.59. The minimum atomic E-state index is -0.0102. The molecule has 0 radical (unpaired) electrons. The molecular weight excluding hydrogens is 302 g/mol. The molecule has 0 spiro atoms. The van der Waals surface area contributed by atoms with Crippen molar-refractivity contribution in [3.05, 3.63) is 42.5 Å². The molecule has 6 nitrogen and oxygen atoms in total. The van der Waals surface area contributed by atoms with Crippen LogP contribution in [0.1, 0.15) is 44.2 Å². The molecule has 2 aromatic rings. The first-order valence-electron chi connectivity index (χ1n) is 8.66. The highest BCUT2D eigenvalue weighted by Crippen LogP contribution is 2.17. The van der Waals surface area contributed by atoms with Crippen molar-refractivity contribution in [1.82, 2.24) is 19.7 Å². The monoisotopic (exact) mass is 327 g/mol. The van der Waals surface area contributed by atoms with Crippen LogP contribution in [-0.4, -0.2) is 38.7 Å². The lowest BCUT2D eigenvalue weighted by atomic mass is 10.1. The van der Waals surface area contributed by atoms with E-state index < -0.39 is 0 Å². The molecule has 2 heterocycles. The van der Waals surface area contributed by atoms with Crippen LogP contribution < -0.4 is 5.32 Å². The van der Waals surface area contributed by atoms with Gasteiger partial charge >= 0.3 is 0 Å². The smallest absolute Gasteiger partial charge is 0.226 e. The average Bonchev–Trinajstić information content (AvgIpc) is 3.10. The summed E-state index contributed by atoms with van der Waals surface area (Å²) in [5.41, 5.74) is 2.11. The van der Waals surface area contributed by atoms with Crippen LogP contribution in [0.4, 0.5) is 5.69 Å². The third kappa shape index (κ3) is 4.64. The van der Waals surface area contributed by atoms with Gasteiger partial charge in [-0.3, -0.25) is 9.69 Å². The second-order valence-corrected chi connectivity index (χ2v) is 6.51. The summed E-state index contributed by atoms with van der Waals surface area (Å²) in [5.74, 6) is -0.00637. The summed E-state index contributed by atoms with van der Waals surface area (Å²) in [5, 5.41) is 7.07. The Balaban J connectivity index is 1.54. The number of nitrogens with zero attached hydrogens (tertiary/aromatic N) is 4. The van der Waals surface area contributed by atoms with E-state index in [1.54, 1.807) is 11.0 Å². The van der Waals surface area contributed by atoms with Gasteiger partial charge in [0.1, 0.15) is 12.7 Å². The lowest BCUT2D eigenvalue weighted by Crippen LogP contribution is -2.29. The van der Waals surface area contributed by atoms with E-state index in [-0.39, 0.29) is 11.9 Å². The molecular formula is C18H25N5O. The van der Waals surface area contributed by atoms with Crippen molar-refractivity contribution in [1.29, 1.82) is 0 Å². The molecule has 1 saturated heterocycles. The molecule has 1 amide bonds. The number of carbonyl (C=O) groups is 1. The molecule has 128 valence electrons. The molecule has 0 bridgehead atoms. The molecule has 24 heavy (non-hydrogen) atoms. The molecule has 0 saturated carbocycles. The molecule has 1 aromatic heterocycles. The van der Waals surface area contributed by atoms with E-state index in [1.165, 1.54) is 44.2 Å². The molecule has 1 fully saturated rings. The average molecular weight is 327 g/mol. The van der Waals surface area contributed by atoms with Crippen LogP contribution >= 0.6 is 0 Å². The zero-order chi connectivity index (χ0) is 16.8. The van der Waals surface area contributed by atoms with Gasteiger partial charge in [-0.1, -0.05) is 18.6 Å². The quantitative estimate of drug-likeness (QED) is 0.886. The highest BCUT2D eigenvalue weighted by molar-refractivity contribution is 5.91. The predicted octanol–water partition coefficient (Wildman–Crippen LogP) is 2.85. The maximum absolute atomic E-state index is 12.2. The maximum atomic E-state index is 12.2. The Morgan fingerprint density at radius 3 is 2.88 bits per heavy atom. The fraction of sp³-hybridized carbons (Fsp3) is 0.500. The first-order valence-corrected chi connectivity index (χ1v) is 8.66. The number of hydrogen-bond acceptors (Lipinski definition) is 4. The molecule has 1 aliphatic rings. The molecule has 1 N–H and O–H groups in total. The summed E-state index contributed by atoms with van der Waals surface area (Å²) < 4.78 is 1.70. The van der Waals surface area contributed by atoms with Gasteiger partial charge < -0.3 is 5.32 Å². The Hall–Kier alpha value is -2.21. The number of nitrogens with one attached hydrogen (secondary N) is 1. The minimum absolute atomic E-state index is 0.00637. The second kappa shape index (κ2) is 8.06.